The first kappa shape index (κ1) is 18.0. The number of hydrogen-bond acceptors (Lipinski definition) is 4. The molecule has 4 heteroatoms. The van der Waals surface area contributed by atoms with E-state index in [1.54, 1.807) is 11.8 Å². The fourth-order valence-electron chi connectivity index (χ4n) is 2.60. The number of aryl methyl sites for hydroxylation is 3. The lowest BCUT2D eigenvalue weighted by molar-refractivity contribution is 0.324. The fourth-order valence-corrected chi connectivity index (χ4v) is 3.42. The van der Waals surface area contributed by atoms with Gasteiger partial charge in [0.15, 0.2) is 0 Å². The Morgan fingerprint density at radius 1 is 0.913 bits per heavy atom. The summed E-state index contributed by atoms with van der Waals surface area (Å²) in [6.45, 7) is 14.1. The summed E-state index contributed by atoms with van der Waals surface area (Å²) in [6.07, 6.45) is 0. The number of aromatic nitrogens is 2. The number of benzene rings is 1. The van der Waals surface area contributed by atoms with Gasteiger partial charge in [-0.25, -0.2) is 0 Å². The molecule has 1 aromatic carbocycles. The average molecular weight is 330 g/mol. The van der Waals surface area contributed by atoms with Crippen LogP contribution in [-0.2, 0) is 0 Å². The van der Waals surface area contributed by atoms with Gasteiger partial charge < -0.3 is 4.90 Å². The van der Waals surface area contributed by atoms with Crippen LogP contribution in [0.4, 0.5) is 0 Å². The van der Waals surface area contributed by atoms with Gasteiger partial charge >= 0.3 is 0 Å². The van der Waals surface area contributed by atoms with Crippen LogP contribution in [0, 0.1) is 20.8 Å². The van der Waals surface area contributed by atoms with Crippen LogP contribution in [0.1, 0.15) is 30.5 Å². The highest BCUT2D eigenvalue weighted by atomic mass is 32.2. The third kappa shape index (κ3) is 4.79. The van der Waals surface area contributed by atoms with E-state index in [0.717, 1.165) is 36.1 Å². The van der Waals surface area contributed by atoms with E-state index < -0.39 is 0 Å². The monoisotopic (exact) mass is 329 g/mol. The van der Waals surface area contributed by atoms with Crippen molar-refractivity contribution in [2.24, 2.45) is 0 Å². The van der Waals surface area contributed by atoms with E-state index in [1.165, 1.54) is 22.3 Å². The van der Waals surface area contributed by atoms with Gasteiger partial charge in [0.1, 0.15) is 5.03 Å². The molecular weight excluding hydrogens is 302 g/mol. The van der Waals surface area contributed by atoms with Gasteiger partial charge in [-0.1, -0.05) is 19.9 Å². The zero-order valence-electron chi connectivity index (χ0n) is 14.9. The van der Waals surface area contributed by atoms with Crippen molar-refractivity contribution in [1.29, 1.82) is 0 Å². The first-order valence-corrected chi connectivity index (χ1v) is 9.30. The quantitative estimate of drug-likeness (QED) is 0.699. The largest absolute Gasteiger partial charge is 0.303 e. The van der Waals surface area contributed by atoms with Crippen molar-refractivity contribution in [2.45, 2.75) is 39.6 Å². The highest BCUT2D eigenvalue weighted by Crippen LogP contribution is 2.25. The van der Waals surface area contributed by atoms with Crippen LogP contribution in [0.15, 0.2) is 29.3 Å². The maximum atomic E-state index is 4.43. The second kappa shape index (κ2) is 8.46. The Balaban J connectivity index is 2.04. The topological polar surface area (TPSA) is 29.0 Å². The summed E-state index contributed by atoms with van der Waals surface area (Å²) < 4.78 is 0. The summed E-state index contributed by atoms with van der Waals surface area (Å²) in [4.78, 5) is 2.42. The lowest BCUT2D eigenvalue weighted by Crippen LogP contribution is -2.25. The first-order valence-electron chi connectivity index (χ1n) is 8.32. The minimum absolute atomic E-state index is 0.957. The molecule has 1 aromatic heterocycles. The Kier molecular flexibility index (Phi) is 6.60. The summed E-state index contributed by atoms with van der Waals surface area (Å²) in [6, 6.07) is 8.61. The zero-order valence-corrected chi connectivity index (χ0v) is 15.7. The molecule has 0 saturated heterocycles. The van der Waals surface area contributed by atoms with Crippen molar-refractivity contribution < 1.29 is 0 Å². The molecule has 3 nitrogen and oxygen atoms in total. The number of nitrogens with zero attached hydrogens (tertiary/aromatic N) is 3. The Labute approximate surface area is 144 Å². The standard InChI is InChI=1S/C19H27N3S/c1-6-22(7-2)10-11-23-19-9-8-18(20-21-19)17-13-15(4)14(3)12-16(17)5/h8-9,12-13H,6-7,10-11H2,1-5H3. The Morgan fingerprint density at radius 2 is 1.61 bits per heavy atom. The summed E-state index contributed by atoms with van der Waals surface area (Å²) in [5, 5.41) is 9.83. The fraction of sp³-hybridized carbons (Fsp3) is 0.474. The van der Waals surface area contributed by atoms with E-state index in [1.807, 2.05) is 0 Å². The molecule has 0 N–H and O–H groups in total. The van der Waals surface area contributed by atoms with Crippen molar-refractivity contribution >= 4 is 11.8 Å². The van der Waals surface area contributed by atoms with Crippen molar-refractivity contribution in [3.8, 4) is 11.3 Å². The van der Waals surface area contributed by atoms with Gasteiger partial charge in [0.2, 0.25) is 0 Å². The Bertz CT molecular complexity index is 634. The molecule has 0 aliphatic heterocycles. The summed E-state index contributed by atoms with van der Waals surface area (Å²) in [5.41, 5.74) is 6.01. The van der Waals surface area contributed by atoms with E-state index in [0.29, 0.717) is 0 Å². The molecule has 2 rings (SSSR count). The Morgan fingerprint density at radius 3 is 2.22 bits per heavy atom. The maximum absolute atomic E-state index is 4.43. The predicted molar refractivity (Wildman–Crippen MR) is 100 cm³/mol. The van der Waals surface area contributed by atoms with Crippen LogP contribution in [0.3, 0.4) is 0 Å². The molecule has 0 amide bonds. The smallest absolute Gasteiger partial charge is 0.119 e. The second-order valence-electron chi connectivity index (χ2n) is 5.88. The van der Waals surface area contributed by atoms with Crippen LogP contribution in [0.5, 0.6) is 0 Å². The van der Waals surface area contributed by atoms with Crippen LogP contribution in [-0.4, -0.2) is 40.5 Å². The summed E-state index contributed by atoms with van der Waals surface area (Å²) in [5.74, 6) is 1.05. The van der Waals surface area contributed by atoms with Gasteiger partial charge in [0.05, 0.1) is 5.69 Å². The number of hydrogen-bond donors (Lipinski definition) is 0. The second-order valence-corrected chi connectivity index (χ2v) is 7.00. The van der Waals surface area contributed by atoms with Crippen molar-refractivity contribution in [2.75, 3.05) is 25.4 Å². The van der Waals surface area contributed by atoms with E-state index >= 15 is 0 Å². The van der Waals surface area contributed by atoms with Gasteiger partial charge in [-0.2, -0.15) is 0 Å². The molecule has 0 aliphatic carbocycles. The molecule has 1 heterocycles. The molecule has 23 heavy (non-hydrogen) atoms. The Hall–Kier alpha value is -1.39. The lowest BCUT2D eigenvalue weighted by Gasteiger charge is -2.17. The maximum Gasteiger partial charge on any atom is 0.119 e. The van der Waals surface area contributed by atoms with Crippen LogP contribution >= 0.6 is 11.8 Å². The molecule has 2 aromatic rings. The van der Waals surface area contributed by atoms with Gasteiger partial charge in [-0.3, -0.25) is 0 Å². The molecule has 0 aliphatic rings. The van der Waals surface area contributed by atoms with Gasteiger partial charge in [-0.05, 0) is 68.8 Å². The number of rotatable bonds is 7. The molecule has 0 fully saturated rings. The molecule has 0 radical (unpaired) electrons. The molecule has 0 spiro atoms. The zero-order chi connectivity index (χ0) is 16.8. The van der Waals surface area contributed by atoms with Crippen LogP contribution in [0.2, 0.25) is 0 Å². The van der Waals surface area contributed by atoms with Gasteiger partial charge in [-0.15, -0.1) is 22.0 Å². The van der Waals surface area contributed by atoms with Crippen molar-refractivity contribution in [3.05, 3.63) is 41.0 Å². The molecule has 0 bridgehead atoms. The van der Waals surface area contributed by atoms with E-state index in [2.05, 4.69) is 74.0 Å². The van der Waals surface area contributed by atoms with Crippen molar-refractivity contribution in [3.63, 3.8) is 0 Å². The normalized spacial score (nSPS) is 11.2. The minimum atomic E-state index is 0.957. The molecule has 0 atom stereocenters. The molecule has 0 unspecified atom stereocenters. The highest BCUT2D eigenvalue weighted by molar-refractivity contribution is 7.99. The SMILES string of the molecule is CCN(CC)CCSc1ccc(-c2cc(C)c(C)cc2C)nn1. The van der Waals surface area contributed by atoms with E-state index in [4.69, 9.17) is 0 Å². The summed E-state index contributed by atoms with van der Waals surface area (Å²) >= 11 is 1.78. The van der Waals surface area contributed by atoms with Crippen LogP contribution < -0.4 is 0 Å². The lowest BCUT2D eigenvalue weighted by atomic mass is 9.99. The van der Waals surface area contributed by atoms with Gasteiger partial charge in [0, 0.05) is 17.9 Å². The average Bonchev–Trinajstić information content (AvgIpc) is 2.56. The molecular formula is C19H27N3S. The molecule has 0 saturated carbocycles. The first-order chi connectivity index (χ1) is 11.0. The molecule has 124 valence electrons. The van der Waals surface area contributed by atoms with E-state index in [9.17, 15) is 0 Å². The van der Waals surface area contributed by atoms with Crippen LogP contribution in [0.25, 0.3) is 11.3 Å². The van der Waals surface area contributed by atoms with Crippen molar-refractivity contribution in [1.82, 2.24) is 15.1 Å². The highest BCUT2D eigenvalue weighted by Gasteiger charge is 2.07. The number of thioether (sulfide) groups is 1. The summed E-state index contributed by atoms with van der Waals surface area (Å²) in [7, 11) is 0. The third-order valence-electron chi connectivity index (χ3n) is 4.31. The van der Waals surface area contributed by atoms with Gasteiger partial charge in [0.25, 0.3) is 0 Å². The third-order valence-corrected chi connectivity index (χ3v) is 5.21. The minimum Gasteiger partial charge on any atom is -0.303 e. The predicted octanol–water partition coefficient (Wildman–Crippen LogP) is 4.50. The van der Waals surface area contributed by atoms with E-state index in [-0.39, 0.29) is 0 Å².